The molecule has 0 saturated carbocycles. The molecule has 142 valence electrons. The maximum absolute atomic E-state index is 12.6. The van der Waals surface area contributed by atoms with Gasteiger partial charge in [0.25, 0.3) is 5.91 Å². The van der Waals surface area contributed by atoms with Gasteiger partial charge in [-0.15, -0.1) is 0 Å². The number of methoxy groups -OCH3 is 1. The highest BCUT2D eigenvalue weighted by Crippen LogP contribution is 2.18. The molecule has 0 atom stereocenters. The maximum Gasteiger partial charge on any atom is 0.339 e. The van der Waals surface area contributed by atoms with Gasteiger partial charge >= 0.3 is 5.97 Å². The minimum absolute atomic E-state index is 0.248. The van der Waals surface area contributed by atoms with Crippen LogP contribution in [0.4, 0.5) is 11.5 Å². The zero-order valence-electron chi connectivity index (χ0n) is 15.5. The van der Waals surface area contributed by atoms with E-state index in [-0.39, 0.29) is 5.69 Å². The van der Waals surface area contributed by atoms with Gasteiger partial charge in [0.1, 0.15) is 17.8 Å². The predicted octanol–water partition coefficient (Wildman–Crippen LogP) is 1.66. The summed E-state index contributed by atoms with van der Waals surface area (Å²) >= 11 is 0. The van der Waals surface area contributed by atoms with Gasteiger partial charge in [0.15, 0.2) is 0 Å². The molecule has 0 spiro atoms. The Morgan fingerprint density at radius 3 is 2.59 bits per heavy atom. The summed E-state index contributed by atoms with van der Waals surface area (Å²) in [6.45, 7) is 6.83. The van der Waals surface area contributed by atoms with Crippen molar-refractivity contribution in [2.24, 2.45) is 0 Å². The summed E-state index contributed by atoms with van der Waals surface area (Å²) in [6.07, 6.45) is 1.39. The highest BCUT2D eigenvalue weighted by molar-refractivity contribution is 6.07. The van der Waals surface area contributed by atoms with Gasteiger partial charge in [-0.2, -0.15) is 0 Å². The van der Waals surface area contributed by atoms with Crippen molar-refractivity contribution in [3.63, 3.8) is 0 Å². The van der Waals surface area contributed by atoms with Crippen molar-refractivity contribution < 1.29 is 14.3 Å². The van der Waals surface area contributed by atoms with Crippen LogP contribution in [0.25, 0.3) is 0 Å². The molecular weight excluding hydrogens is 346 g/mol. The summed E-state index contributed by atoms with van der Waals surface area (Å²) in [7, 11) is 1.30. The van der Waals surface area contributed by atoms with Gasteiger partial charge in [-0.1, -0.05) is 19.1 Å². The lowest BCUT2D eigenvalue weighted by Crippen LogP contribution is -2.46. The largest absolute Gasteiger partial charge is 0.465 e. The second kappa shape index (κ2) is 8.59. The molecule has 1 aliphatic rings. The van der Waals surface area contributed by atoms with Gasteiger partial charge in [-0.3, -0.25) is 4.79 Å². The topological polar surface area (TPSA) is 87.7 Å². The molecule has 0 bridgehead atoms. The van der Waals surface area contributed by atoms with E-state index in [1.165, 1.54) is 13.4 Å². The van der Waals surface area contributed by atoms with Crippen LogP contribution in [0.2, 0.25) is 0 Å². The Bertz CT molecular complexity index is 818. The third-order valence-corrected chi connectivity index (χ3v) is 4.61. The van der Waals surface area contributed by atoms with Crippen LogP contribution < -0.4 is 10.2 Å². The van der Waals surface area contributed by atoms with Gasteiger partial charge in [0, 0.05) is 32.2 Å². The van der Waals surface area contributed by atoms with E-state index in [2.05, 4.69) is 32.0 Å². The quantitative estimate of drug-likeness (QED) is 0.802. The zero-order chi connectivity index (χ0) is 19.2. The van der Waals surface area contributed by atoms with Crippen molar-refractivity contribution in [2.75, 3.05) is 50.1 Å². The monoisotopic (exact) mass is 369 g/mol. The fourth-order valence-electron chi connectivity index (χ4n) is 3.00. The Morgan fingerprint density at radius 2 is 1.89 bits per heavy atom. The molecule has 1 N–H and O–H groups in total. The summed E-state index contributed by atoms with van der Waals surface area (Å²) in [5, 5.41) is 2.73. The van der Waals surface area contributed by atoms with Crippen LogP contribution in [-0.2, 0) is 4.74 Å². The summed E-state index contributed by atoms with van der Waals surface area (Å²) in [5.41, 5.74) is 0.918. The van der Waals surface area contributed by atoms with Crippen molar-refractivity contribution in [1.29, 1.82) is 0 Å². The molecule has 1 amide bonds. The Morgan fingerprint density at radius 1 is 1.15 bits per heavy atom. The van der Waals surface area contributed by atoms with Crippen LogP contribution in [-0.4, -0.2) is 66.6 Å². The number of nitrogens with zero attached hydrogens (tertiary/aromatic N) is 4. The van der Waals surface area contributed by atoms with E-state index in [9.17, 15) is 9.59 Å². The minimum Gasteiger partial charge on any atom is -0.465 e. The number of likely N-dealkylation sites (N-methyl/N-ethyl adjacent to an activating group) is 1. The number of anilines is 2. The molecule has 0 radical (unpaired) electrons. The molecule has 1 saturated heterocycles. The van der Waals surface area contributed by atoms with Crippen LogP contribution >= 0.6 is 0 Å². The van der Waals surface area contributed by atoms with Crippen LogP contribution in [0.15, 0.2) is 36.7 Å². The molecule has 1 aromatic carbocycles. The number of carbonyl (C=O) groups is 2. The molecule has 8 nitrogen and oxygen atoms in total. The molecule has 8 heteroatoms. The van der Waals surface area contributed by atoms with Gasteiger partial charge in [-0.25, -0.2) is 14.8 Å². The average molecular weight is 369 g/mol. The van der Waals surface area contributed by atoms with Gasteiger partial charge in [0.2, 0.25) is 0 Å². The normalized spacial score (nSPS) is 14.7. The van der Waals surface area contributed by atoms with E-state index in [0.29, 0.717) is 11.3 Å². The number of rotatable bonds is 5. The number of aromatic nitrogens is 2. The van der Waals surface area contributed by atoms with E-state index in [1.54, 1.807) is 30.3 Å². The first-order chi connectivity index (χ1) is 13.1. The fraction of sp³-hybridized carbons (Fsp3) is 0.368. The summed E-state index contributed by atoms with van der Waals surface area (Å²) in [6, 6.07) is 8.37. The summed E-state index contributed by atoms with van der Waals surface area (Å²) < 4.78 is 4.75. The smallest absolute Gasteiger partial charge is 0.339 e. The van der Waals surface area contributed by atoms with Crippen LogP contribution in [0, 0.1) is 0 Å². The lowest BCUT2D eigenvalue weighted by Gasteiger charge is -2.34. The van der Waals surface area contributed by atoms with Crippen molar-refractivity contribution in [2.45, 2.75) is 6.92 Å². The summed E-state index contributed by atoms with van der Waals surface area (Å²) in [5.74, 6) is -0.183. The molecule has 1 aliphatic heterocycles. The van der Waals surface area contributed by atoms with E-state index in [0.717, 1.165) is 38.5 Å². The van der Waals surface area contributed by atoms with E-state index in [1.807, 2.05) is 0 Å². The number of piperazine rings is 1. The first-order valence-corrected chi connectivity index (χ1v) is 8.90. The van der Waals surface area contributed by atoms with Crippen molar-refractivity contribution in [1.82, 2.24) is 14.9 Å². The second-order valence-electron chi connectivity index (χ2n) is 6.17. The number of nitrogens with one attached hydrogen (secondary N) is 1. The first kappa shape index (κ1) is 18.8. The Hall–Kier alpha value is -3.00. The molecule has 1 aromatic heterocycles. The predicted molar refractivity (Wildman–Crippen MR) is 102 cm³/mol. The number of hydrogen-bond donors (Lipinski definition) is 1. The Labute approximate surface area is 158 Å². The number of esters is 1. The highest BCUT2D eigenvalue weighted by atomic mass is 16.5. The molecule has 0 aliphatic carbocycles. The molecule has 2 aromatic rings. The number of benzene rings is 1. The Balaban J connectivity index is 1.74. The van der Waals surface area contributed by atoms with Crippen molar-refractivity contribution in [3.8, 4) is 0 Å². The number of hydrogen-bond acceptors (Lipinski definition) is 7. The second-order valence-corrected chi connectivity index (χ2v) is 6.17. The van der Waals surface area contributed by atoms with Gasteiger partial charge in [0.05, 0.1) is 18.4 Å². The maximum atomic E-state index is 12.6. The van der Waals surface area contributed by atoms with Crippen LogP contribution in [0.5, 0.6) is 0 Å². The molecule has 0 unspecified atom stereocenters. The van der Waals surface area contributed by atoms with Crippen molar-refractivity contribution in [3.05, 3.63) is 47.9 Å². The molecule has 2 heterocycles. The van der Waals surface area contributed by atoms with Crippen LogP contribution in [0.3, 0.4) is 0 Å². The molecule has 1 fully saturated rings. The molecular formula is C19H23N5O3. The number of para-hydroxylation sites is 1. The van der Waals surface area contributed by atoms with Gasteiger partial charge in [-0.05, 0) is 18.7 Å². The first-order valence-electron chi connectivity index (χ1n) is 8.90. The minimum atomic E-state index is -0.511. The lowest BCUT2D eigenvalue weighted by molar-refractivity contribution is 0.0602. The van der Waals surface area contributed by atoms with E-state index in [4.69, 9.17) is 4.74 Å². The standard InChI is InChI=1S/C19H23N5O3/c1-3-23-8-10-24(11-9-23)17-12-16(20-13-21-17)18(25)22-15-7-5-4-6-14(15)19(26)27-2/h4-7,12-13H,3,8-11H2,1-2H3,(H,22,25). The number of ether oxygens (including phenoxy) is 1. The van der Waals surface area contributed by atoms with Crippen molar-refractivity contribution >= 4 is 23.4 Å². The lowest BCUT2D eigenvalue weighted by atomic mass is 10.1. The number of amides is 1. The average Bonchev–Trinajstić information content (AvgIpc) is 2.73. The van der Waals surface area contributed by atoms with E-state index < -0.39 is 11.9 Å². The highest BCUT2D eigenvalue weighted by Gasteiger charge is 2.19. The molecule has 27 heavy (non-hydrogen) atoms. The number of carbonyl (C=O) groups excluding carboxylic acids is 2. The van der Waals surface area contributed by atoms with Gasteiger partial charge < -0.3 is 19.9 Å². The fourth-order valence-corrected chi connectivity index (χ4v) is 3.00. The SMILES string of the molecule is CCN1CCN(c2cc(C(=O)Nc3ccccc3C(=O)OC)ncn2)CC1. The third kappa shape index (κ3) is 4.40. The Kier molecular flexibility index (Phi) is 5.97. The zero-order valence-corrected chi connectivity index (χ0v) is 15.5. The molecule has 3 rings (SSSR count). The summed E-state index contributed by atoms with van der Waals surface area (Å²) in [4.78, 5) is 37.4. The van der Waals surface area contributed by atoms with E-state index >= 15 is 0 Å². The third-order valence-electron chi connectivity index (χ3n) is 4.61. The van der Waals surface area contributed by atoms with Crippen LogP contribution in [0.1, 0.15) is 27.8 Å².